The van der Waals surface area contributed by atoms with Gasteiger partial charge in [-0.15, -0.1) is 24.0 Å². The molecule has 2 heterocycles. The Labute approximate surface area is 182 Å². The van der Waals surface area contributed by atoms with Gasteiger partial charge in [-0.2, -0.15) is 0 Å². The fourth-order valence-corrected chi connectivity index (χ4v) is 4.10. The number of rotatable bonds is 5. The highest BCUT2D eigenvalue weighted by atomic mass is 127. The predicted octanol–water partition coefficient (Wildman–Crippen LogP) is 3.02. The number of halogens is 1. The summed E-state index contributed by atoms with van der Waals surface area (Å²) in [6, 6.07) is 11.8. The molecule has 27 heavy (non-hydrogen) atoms. The summed E-state index contributed by atoms with van der Waals surface area (Å²) < 4.78 is 0. The Hall–Kier alpha value is -1.02. The van der Waals surface area contributed by atoms with Gasteiger partial charge >= 0.3 is 0 Å². The first-order valence-electron chi connectivity index (χ1n) is 10.1. The number of likely N-dealkylation sites (tertiary alicyclic amines) is 1. The Balaban J connectivity index is 0.00000261. The lowest BCUT2D eigenvalue weighted by atomic mass is 10.1. The molecular formula is C21H36IN5. The van der Waals surface area contributed by atoms with Gasteiger partial charge in [0.2, 0.25) is 0 Å². The first kappa shape index (κ1) is 22.3. The van der Waals surface area contributed by atoms with Gasteiger partial charge in [0.05, 0.1) is 0 Å². The van der Waals surface area contributed by atoms with Crippen molar-refractivity contribution in [3.8, 4) is 0 Å². The van der Waals surface area contributed by atoms with E-state index in [0.717, 1.165) is 32.1 Å². The minimum atomic E-state index is 0. The van der Waals surface area contributed by atoms with Crippen molar-refractivity contribution in [2.75, 3.05) is 44.7 Å². The maximum absolute atomic E-state index is 4.46. The summed E-state index contributed by atoms with van der Waals surface area (Å²) in [6.45, 7) is 12.4. The second-order valence-electron chi connectivity index (χ2n) is 8.17. The van der Waals surface area contributed by atoms with Crippen LogP contribution in [-0.2, 0) is 0 Å². The quantitative estimate of drug-likeness (QED) is 0.383. The van der Waals surface area contributed by atoms with Gasteiger partial charge < -0.3 is 15.5 Å². The number of hydrogen-bond acceptors (Lipinski definition) is 3. The number of guanidine groups is 1. The van der Waals surface area contributed by atoms with Crippen molar-refractivity contribution in [2.45, 2.75) is 39.3 Å². The van der Waals surface area contributed by atoms with Crippen molar-refractivity contribution in [1.29, 1.82) is 0 Å². The zero-order chi connectivity index (χ0) is 18.5. The van der Waals surface area contributed by atoms with Gasteiger partial charge in [0.15, 0.2) is 5.96 Å². The van der Waals surface area contributed by atoms with Gasteiger partial charge in [-0.25, -0.2) is 0 Å². The molecule has 1 aromatic rings. The molecule has 0 aliphatic carbocycles. The van der Waals surface area contributed by atoms with Crippen molar-refractivity contribution in [3.05, 3.63) is 30.3 Å². The summed E-state index contributed by atoms with van der Waals surface area (Å²) >= 11 is 0. The molecule has 3 unspecified atom stereocenters. The lowest BCUT2D eigenvalue weighted by molar-refractivity contribution is 0.265. The molecule has 3 atom stereocenters. The van der Waals surface area contributed by atoms with Crippen LogP contribution in [0.3, 0.4) is 0 Å². The maximum Gasteiger partial charge on any atom is 0.191 e. The highest BCUT2D eigenvalue weighted by Gasteiger charge is 2.31. The average Bonchev–Trinajstić information content (AvgIpc) is 3.26. The van der Waals surface area contributed by atoms with Crippen LogP contribution in [0.1, 0.15) is 27.2 Å². The third kappa shape index (κ3) is 5.98. The molecule has 0 saturated carbocycles. The van der Waals surface area contributed by atoms with Crippen molar-refractivity contribution in [1.82, 2.24) is 15.5 Å². The van der Waals surface area contributed by atoms with Crippen LogP contribution in [0, 0.1) is 11.8 Å². The highest BCUT2D eigenvalue weighted by Crippen LogP contribution is 2.23. The molecule has 0 radical (unpaired) electrons. The van der Waals surface area contributed by atoms with E-state index in [1.807, 2.05) is 7.05 Å². The maximum atomic E-state index is 4.46. The van der Waals surface area contributed by atoms with Crippen LogP contribution in [0.5, 0.6) is 0 Å². The summed E-state index contributed by atoms with van der Waals surface area (Å²) in [7, 11) is 1.88. The van der Waals surface area contributed by atoms with Gasteiger partial charge in [0.25, 0.3) is 0 Å². The van der Waals surface area contributed by atoms with Gasteiger partial charge in [0, 0.05) is 57.5 Å². The van der Waals surface area contributed by atoms with E-state index in [2.05, 4.69) is 76.5 Å². The standard InChI is InChI=1S/C21H35N5.HI/c1-16(2)26-13-17(3)20(15-26)24-21(22-4)23-12-18-10-11-25(14-18)19-8-6-5-7-9-19;/h5-9,16-18,20H,10-15H2,1-4H3,(H2,22,23,24);1H. The Morgan fingerprint density at radius 1 is 1.19 bits per heavy atom. The Morgan fingerprint density at radius 2 is 1.93 bits per heavy atom. The molecule has 2 aliphatic heterocycles. The molecule has 0 amide bonds. The third-order valence-corrected chi connectivity index (χ3v) is 5.88. The second kappa shape index (κ2) is 10.5. The van der Waals surface area contributed by atoms with E-state index in [4.69, 9.17) is 0 Å². The van der Waals surface area contributed by atoms with E-state index in [1.165, 1.54) is 18.7 Å². The largest absolute Gasteiger partial charge is 0.371 e. The zero-order valence-electron chi connectivity index (χ0n) is 17.2. The molecular weight excluding hydrogens is 449 g/mol. The minimum Gasteiger partial charge on any atom is -0.371 e. The molecule has 1 aromatic carbocycles. The number of hydrogen-bond donors (Lipinski definition) is 2. The number of aliphatic imine (C=N–C) groups is 1. The van der Waals surface area contributed by atoms with E-state index in [1.54, 1.807) is 0 Å². The van der Waals surface area contributed by atoms with Crippen LogP contribution < -0.4 is 15.5 Å². The fourth-order valence-electron chi connectivity index (χ4n) is 4.10. The molecule has 152 valence electrons. The minimum absolute atomic E-state index is 0. The summed E-state index contributed by atoms with van der Waals surface area (Å²) in [6.07, 6.45) is 1.24. The molecule has 0 bridgehead atoms. The molecule has 3 rings (SSSR count). The summed E-state index contributed by atoms with van der Waals surface area (Å²) in [5, 5.41) is 7.22. The number of para-hydroxylation sites is 1. The number of nitrogens with one attached hydrogen (secondary N) is 2. The van der Waals surface area contributed by atoms with Crippen molar-refractivity contribution >= 4 is 35.6 Å². The molecule has 6 heteroatoms. The number of benzene rings is 1. The molecule has 2 saturated heterocycles. The first-order valence-corrected chi connectivity index (χ1v) is 10.1. The van der Waals surface area contributed by atoms with E-state index in [9.17, 15) is 0 Å². The predicted molar refractivity (Wildman–Crippen MR) is 126 cm³/mol. The Bertz CT molecular complexity index is 591. The van der Waals surface area contributed by atoms with E-state index >= 15 is 0 Å². The Kier molecular flexibility index (Phi) is 8.66. The molecule has 0 spiro atoms. The topological polar surface area (TPSA) is 42.9 Å². The average molecular weight is 485 g/mol. The van der Waals surface area contributed by atoms with Crippen molar-refractivity contribution < 1.29 is 0 Å². The summed E-state index contributed by atoms with van der Waals surface area (Å²) in [5.41, 5.74) is 1.34. The molecule has 2 N–H and O–H groups in total. The lowest BCUT2D eigenvalue weighted by Gasteiger charge is -2.23. The van der Waals surface area contributed by atoms with Gasteiger partial charge in [-0.05, 0) is 44.2 Å². The molecule has 2 aliphatic rings. The summed E-state index contributed by atoms with van der Waals surface area (Å²) in [5.74, 6) is 2.27. The van der Waals surface area contributed by atoms with Crippen LogP contribution in [0.25, 0.3) is 0 Å². The van der Waals surface area contributed by atoms with Gasteiger partial charge in [0.1, 0.15) is 0 Å². The zero-order valence-corrected chi connectivity index (χ0v) is 19.5. The van der Waals surface area contributed by atoms with E-state index in [0.29, 0.717) is 23.9 Å². The van der Waals surface area contributed by atoms with Crippen LogP contribution >= 0.6 is 24.0 Å². The van der Waals surface area contributed by atoms with E-state index in [-0.39, 0.29) is 24.0 Å². The number of anilines is 1. The molecule has 0 aromatic heterocycles. The van der Waals surface area contributed by atoms with Crippen LogP contribution in [0.15, 0.2) is 35.3 Å². The van der Waals surface area contributed by atoms with Gasteiger partial charge in [-0.1, -0.05) is 25.1 Å². The third-order valence-electron chi connectivity index (χ3n) is 5.88. The highest BCUT2D eigenvalue weighted by molar-refractivity contribution is 14.0. The molecule has 2 fully saturated rings. The Morgan fingerprint density at radius 3 is 2.56 bits per heavy atom. The molecule has 5 nitrogen and oxygen atoms in total. The SMILES string of the molecule is CN=C(NCC1CCN(c2ccccc2)C1)NC1CN(C(C)C)CC1C.I. The normalized spacial score (nSPS) is 26.3. The van der Waals surface area contributed by atoms with Crippen LogP contribution in [-0.4, -0.2) is 62.7 Å². The van der Waals surface area contributed by atoms with Crippen LogP contribution in [0.2, 0.25) is 0 Å². The monoisotopic (exact) mass is 485 g/mol. The second-order valence-corrected chi connectivity index (χ2v) is 8.17. The first-order chi connectivity index (χ1) is 12.6. The number of nitrogens with zero attached hydrogens (tertiary/aromatic N) is 3. The smallest absolute Gasteiger partial charge is 0.191 e. The van der Waals surface area contributed by atoms with Crippen molar-refractivity contribution in [3.63, 3.8) is 0 Å². The summed E-state index contributed by atoms with van der Waals surface area (Å²) in [4.78, 5) is 9.49. The van der Waals surface area contributed by atoms with Gasteiger partial charge in [-0.3, -0.25) is 9.89 Å². The fraction of sp³-hybridized carbons (Fsp3) is 0.667. The van der Waals surface area contributed by atoms with Crippen LogP contribution in [0.4, 0.5) is 5.69 Å². The van der Waals surface area contributed by atoms with Crippen molar-refractivity contribution in [2.24, 2.45) is 16.8 Å². The lowest BCUT2D eigenvalue weighted by Crippen LogP contribution is -2.48. The van der Waals surface area contributed by atoms with E-state index < -0.39 is 0 Å².